The molecule has 0 bridgehead atoms. The van der Waals surface area contributed by atoms with Crippen molar-refractivity contribution in [3.63, 3.8) is 0 Å². The third-order valence-electron chi connectivity index (χ3n) is 5.22. The second-order valence-electron chi connectivity index (χ2n) is 9.15. The van der Waals surface area contributed by atoms with Gasteiger partial charge in [0.15, 0.2) is 30.5 Å². The number of hydrogen-bond acceptors (Lipinski definition) is 16. The van der Waals surface area contributed by atoms with Crippen molar-refractivity contribution in [2.24, 2.45) is 0 Å². The van der Waals surface area contributed by atoms with Gasteiger partial charge in [-0.1, -0.05) is 0 Å². The Hall–Kier alpha value is -3.40. The Kier molecular flexibility index (Phi) is 12.8. The third-order valence-corrected chi connectivity index (χ3v) is 6.76. The number of esters is 6. The summed E-state index contributed by atoms with van der Waals surface area (Å²) in [6.07, 6.45) is -6.63. The number of hydroxylamine groups is 2. The molecule has 1 saturated heterocycles. The van der Waals surface area contributed by atoms with Crippen molar-refractivity contribution in [3.8, 4) is 0 Å². The van der Waals surface area contributed by atoms with Crippen LogP contribution >= 0.6 is 11.8 Å². The number of thioether (sulfide) groups is 1. The Labute approximate surface area is 235 Å². The maximum atomic E-state index is 12.8. The molecule has 5 unspecified atom stereocenters. The highest BCUT2D eigenvalue weighted by Gasteiger charge is 2.60. The van der Waals surface area contributed by atoms with Crippen molar-refractivity contribution in [1.29, 1.82) is 0 Å². The van der Waals surface area contributed by atoms with Gasteiger partial charge in [-0.25, -0.2) is 0 Å². The van der Waals surface area contributed by atoms with Crippen molar-refractivity contribution in [3.05, 3.63) is 0 Å². The van der Waals surface area contributed by atoms with Crippen LogP contribution in [0.2, 0.25) is 0 Å². The van der Waals surface area contributed by atoms with E-state index in [1.165, 1.54) is 0 Å². The normalized spacial score (nSPS) is 21.0. The lowest BCUT2D eigenvalue weighted by atomic mass is 9.99. The molecule has 0 aromatic heterocycles. The van der Waals surface area contributed by atoms with Crippen LogP contribution in [0.15, 0.2) is 0 Å². The van der Waals surface area contributed by atoms with Crippen LogP contribution in [0, 0.1) is 0 Å². The van der Waals surface area contributed by atoms with E-state index in [1.807, 2.05) is 0 Å². The largest absolute Gasteiger partial charge is 0.468 e. The zero-order valence-electron chi connectivity index (χ0n) is 23.7. The molecular formula is C24H35NO14S. The zero-order chi connectivity index (χ0) is 30.9. The van der Waals surface area contributed by atoms with E-state index in [9.17, 15) is 33.6 Å². The summed E-state index contributed by atoms with van der Waals surface area (Å²) in [6.45, 7) is 8.89. The molecule has 1 aliphatic heterocycles. The highest BCUT2D eigenvalue weighted by molar-refractivity contribution is 8.01. The fourth-order valence-electron chi connectivity index (χ4n) is 3.99. The van der Waals surface area contributed by atoms with Gasteiger partial charge in [0.1, 0.15) is 12.0 Å². The van der Waals surface area contributed by atoms with Gasteiger partial charge in [0.25, 0.3) is 0 Å². The standard InChI is InChI=1S/C24H35NO14S/c1-11(26)34-10-17(35-12(2)27)18(36-13(3)28)19(37-14(4)29)20(38-15(5)30)22-25(39-16(6)31)21(23(32)33-9)24(7,8)40-22/h17-22H,10H2,1-9H3/t17?,18?,19?,20?,21?,22-/m1/s1. The van der Waals surface area contributed by atoms with E-state index in [-0.39, 0.29) is 0 Å². The Morgan fingerprint density at radius 3 is 1.65 bits per heavy atom. The maximum Gasteiger partial charge on any atom is 0.328 e. The van der Waals surface area contributed by atoms with Gasteiger partial charge in [-0.3, -0.25) is 33.6 Å². The lowest BCUT2D eigenvalue weighted by Crippen LogP contribution is -2.59. The number of hydrogen-bond donors (Lipinski definition) is 0. The predicted octanol–water partition coefficient (Wildman–Crippen LogP) is 0.450. The van der Waals surface area contributed by atoms with Crippen LogP contribution in [-0.2, 0) is 66.8 Å². The molecule has 0 N–H and O–H groups in total. The van der Waals surface area contributed by atoms with Gasteiger partial charge in [-0.2, -0.15) is 0 Å². The van der Waals surface area contributed by atoms with Crippen molar-refractivity contribution >= 4 is 53.5 Å². The lowest BCUT2D eigenvalue weighted by Gasteiger charge is -2.38. The summed E-state index contributed by atoms with van der Waals surface area (Å²) in [5.41, 5.74) is 0. The first-order valence-electron chi connectivity index (χ1n) is 12.0. The molecule has 1 fully saturated rings. The summed E-state index contributed by atoms with van der Waals surface area (Å²) in [5, 5.41) is -0.318. The molecule has 0 aromatic carbocycles. The highest BCUT2D eigenvalue weighted by atomic mass is 32.2. The minimum atomic E-state index is -1.74. The van der Waals surface area contributed by atoms with E-state index in [4.69, 9.17) is 33.3 Å². The fraction of sp³-hybridized carbons (Fsp3) is 0.708. The molecule has 1 heterocycles. The van der Waals surface area contributed by atoms with Crippen LogP contribution in [-0.4, -0.2) is 101 Å². The van der Waals surface area contributed by atoms with Crippen LogP contribution in [0.5, 0.6) is 0 Å². The van der Waals surface area contributed by atoms with Gasteiger partial charge in [-0.15, -0.1) is 16.8 Å². The molecule has 15 nitrogen and oxygen atoms in total. The topological polar surface area (TPSA) is 187 Å². The minimum absolute atomic E-state index is 0.640. The zero-order valence-corrected chi connectivity index (χ0v) is 24.6. The monoisotopic (exact) mass is 593 g/mol. The summed E-state index contributed by atoms with van der Waals surface area (Å²) in [6, 6.07) is -1.23. The van der Waals surface area contributed by atoms with E-state index in [0.717, 1.165) is 65.5 Å². The molecule has 6 atom stereocenters. The molecule has 1 rings (SSSR count). The molecule has 0 radical (unpaired) electrons. The first-order chi connectivity index (χ1) is 18.4. The van der Waals surface area contributed by atoms with Crippen LogP contribution in [0.1, 0.15) is 55.4 Å². The van der Waals surface area contributed by atoms with Crippen molar-refractivity contribution < 1.29 is 66.8 Å². The molecule has 0 spiro atoms. The molecule has 16 heteroatoms. The predicted molar refractivity (Wildman–Crippen MR) is 134 cm³/mol. The number of nitrogens with zero attached hydrogens (tertiary/aromatic N) is 1. The Morgan fingerprint density at radius 2 is 1.23 bits per heavy atom. The highest BCUT2D eigenvalue weighted by Crippen LogP contribution is 2.48. The van der Waals surface area contributed by atoms with E-state index in [0.29, 0.717) is 0 Å². The first kappa shape index (κ1) is 34.6. The number of rotatable bonds is 12. The van der Waals surface area contributed by atoms with Crippen LogP contribution < -0.4 is 0 Å². The summed E-state index contributed by atoms with van der Waals surface area (Å²) in [5.74, 6) is -6.03. The Bertz CT molecular complexity index is 998. The molecule has 0 aliphatic carbocycles. The molecular weight excluding hydrogens is 558 g/mol. The van der Waals surface area contributed by atoms with Gasteiger partial charge in [0.05, 0.1) is 7.11 Å². The van der Waals surface area contributed by atoms with Gasteiger partial charge < -0.3 is 33.3 Å². The van der Waals surface area contributed by atoms with Gasteiger partial charge >= 0.3 is 41.8 Å². The smallest absolute Gasteiger partial charge is 0.328 e. The summed E-state index contributed by atoms with van der Waals surface area (Å²) < 4.78 is 30.5. The van der Waals surface area contributed by atoms with Crippen molar-refractivity contribution in [2.75, 3.05) is 13.7 Å². The average molecular weight is 594 g/mol. The number of carbonyl (C=O) groups is 7. The van der Waals surface area contributed by atoms with Gasteiger partial charge in [-0.05, 0) is 13.8 Å². The Balaban J connectivity index is 3.87. The summed E-state index contributed by atoms with van der Waals surface area (Å²) in [7, 11) is 1.13. The van der Waals surface area contributed by atoms with Crippen LogP contribution in [0.25, 0.3) is 0 Å². The molecule has 0 saturated carbocycles. The second-order valence-corrected chi connectivity index (χ2v) is 10.9. The average Bonchev–Trinajstić information content (AvgIpc) is 3.05. The molecule has 0 amide bonds. The van der Waals surface area contributed by atoms with Crippen molar-refractivity contribution in [2.45, 2.75) is 96.0 Å². The van der Waals surface area contributed by atoms with Gasteiger partial charge in [0, 0.05) is 46.3 Å². The minimum Gasteiger partial charge on any atom is -0.468 e. The molecule has 0 aromatic rings. The second kappa shape index (κ2) is 14.8. The molecule has 226 valence electrons. The van der Waals surface area contributed by atoms with E-state index >= 15 is 0 Å². The van der Waals surface area contributed by atoms with Crippen LogP contribution in [0.4, 0.5) is 0 Å². The van der Waals surface area contributed by atoms with Crippen molar-refractivity contribution in [1.82, 2.24) is 5.06 Å². The van der Waals surface area contributed by atoms with E-state index in [2.05, 4.69) is 0 Å². The number of methoxy groups -OCH3 is 1. The Morgan fingerprint density at radius 1 is 0.725 bits per heavy atom. The van der Waals surface area contributed by atoms with Crippen LogP contribution in [0.3, 0.4) is 0 Å². The van der Waals surface area contributed by atoms with Gasteiger partial charge in [0.2, 0.25) is 0 Å². The summed E-state index contributed by atoms with van der Waals surface area (Å²) in [4.78, 5) is 90.4. The van der Waals surface area contributed by atoms with E-state index < -0.39 is 89.0 Å². The number of carbonyl (C=O) groups excluding carboxylic acids is 7. The molecule has 1 aliphatic rings. The SMILES string of the molecule is COC(=O)C1N(OC(C)=O)[C@@H](C(OC(C)=O)C(OC(C)=O)C(OC(C)=O)C(COC(C)=O)OC(C)=O)SC1(C)C. The summed E-state index contributed by atoms with van der Waals surface area (Å²) >= 11 is 1.00. The third kappa shape index (κ3) is 9.97. The maximum absolute atomic E-state index is 12.8. The lowest BCUT2D eigenvalue weighted by molar-refractivity contribution is -0.231. The fourth-order valence-corrected chi connectivity index (χ4v) is 5.56. The molecule has 40 heavy (non-hydrogen) atoms. The number of ether oxygens (including phenoxy) is 6. The first-order valence-corrected chi connectivity index (χ1v) is 12.8. The van der Waals surface area contributed by atoms with E-state index in [1.54, 1.807) is 13.8 Å². The quantitative estimate of drug-likeness (QED) is 0.224.